The Balaban J connectivity index is 0.000000108. The van der Waals surface area contributed by atoms with Gasteiger partial charge in [-0.15, -0.1) is 0 Å². The van der Waals surface area contributed by atoms with Crippen LogP contribution in [0.25, 0.3) is 99.1 Å². The summed E-state index contributed by atoms with van der Waals surface area (Å²) in [6.45, 7) is 0. The van der Waals surface area contributed by atoms with Crippen LogP contribution in [0.5, 0.6) is 0 Å². The number of rotatable bonds is 18. The van der Waals surface area contributed by atoms with Crippen molar-refractivity contribution in [3.05, 3.63) is 453 Å². The SMILES string of the molecule is c1ccc(-c2ccc(-c3ccc(N(c4ccccc4)c4cccc(C56CC7CC(CC(C7)C5)C6)c4)cc3)cc2)cc1.c1ccc(-c2ccc(N(c3ccc(-c4cc5ccccc5c5ccccc45)cc3)c3cccc(C45CC6CC(CC(C6)C4)C5)c3)cc2)cc1.c1ccc(-c2ccc(N(c3ccc(-c4cccc5ccccc45)cc3)c3cccc(C45CC6CC(CC(C6)C4)C5)c3)cc2)cc1. The van der Waals surface area contributed by atoms with Gasteiger partial charge in [0.1, 0.15) is 0 Å². The molecule has 0 unspecified atom stereocenters. The standard InChI is InChI=1S/C48H41N.C44H39N.C40H37N/c1-2-9-36(10-3-1)37-17-21-41(22-18-37)49(43-13-8-12-40(29-43)48-30-33-25-34(31-48)27-35(26-33)32-48)42-23-19-38(20-24-42)47-28-39-11-4-5-14-44(39)45-15-6-7-16-46(45)47;1-2-8-34(9-3-1)35-16-20-39(21-17-35)45(40-22-18-37(19-23-40)43-15-6-11-36-10-4-5-14-42(36)43)41-13-7-12-38(27-41)44-28-31-24-32(29-44)26-33(25-31)30-44;1-3-8-32(9-4-1)33-14-16-34(17-15-33)35-18-20-38(21-19-35)41(37-11-5-2-6-12-37)39-13-7-10-36(25-39)40-26-29-22-30(27-40)24-31(23-29)28-40/h1-24,28-29,33-35H,25-27,30-32H2;1-23,27,31-33H,24-26,28-30H2;1-21,25,29-31H,22-24,26-28H2. The summed E-state index contributed by atoms with van der Waals surface area (Å²) in [6, 6.07) is 162. The molecule has 3 nitrogen and oxygen atoms in total. The predicted molar refractivity (Wildman–Crippen MR) is 568 cm³/mol. The van der Waals surface area contributed by atoms with Gasteiger partial charge in [-0.3, -0.25) is 0 Å². The van der Waals surface area contributed by atoms with E-state index in [4.69, 9.17) is 0 Å². The van der Waals surface area contributed by atoms with Gasteiger partial charge < -0.3 is 14.7 Å². The van der Waals surface area contributed by atoms with Crippen LogP contribution in [-0.4, -0.2) is 0 Å². The second-order valence-corrected chi connectivity index (χ2v) is 42.2. The molecule has 0 N–H and O–H groups in total. The Bertz CT molecular complexity index is 7180. The minimum absolute atomic E-state index is 0.356. The minimum Gasteiger partial charge on any atom is -0.310 e. The molecule has 12 fully saturated rings. The summed E-state index contributed by atoms with van der Waals surface area (Å²) >= 11 is 0. The van der Waals surface area contributed by atoms with E-state index in [1.54, 1.807) is 16.7 Å². The lowest BCUT2D eigenvalue weighted by atomic mass is 9.48. The highest BCUT2D eigenvalue weighted by Gasteiger charge is 2.55. The minimum atomic E-state index is 0.356. The van der Waals surface area contributed by atoms with Gasteiger partial charge in [-0.2, -0.15) is 0 Å². The van der Waals surface area contributed by atoms with E-state index in [-0.39, 0.29) is 0 Å². The van der Waals surface area contributed by atoms with Crippen LogP contribution in [0.3, 0.4) is 0 Å². The third-order valence-electron chi connectivity index (χ3n) is 33.6. The normalized spacial score (nSPS) is 23.3. The molecule has 135 heavy (non-hydrogen) atoms. The van der Waals surface area contributed by atoms with Gasteiger partial charge in [-0.1, -0.05) is 322 Å². The number of para-hydroxylation sites is 1. The van der Waals surface area contributed by atoms with Gasteiger partial charge in [0.15, 0.2) is 0 Å². The molecule has 0 aromatic heterocycles. The molecule has 0 saturated heterocycles. The second-order valence-electron chi connectivity index (χ2n) is 42.2. The van der Waals surface area contributed by atoms with Crippen molar-refractivity contribution in [2.24, 2.45) is 53.3 Å². The van der Waals surface area contributed by atoms with Crippen molar-refractivity contribution >= 4 is 83.5 Å². The lowest BCUT2D eigenvalue weighted by Gasteiger charge is -2.57. The summed E-state index contributed by atoms with van der Waals surface area (Å²) in [4.78, 5) is 7.37. The Morgan fingerprint density at radius 3 is 0.719 bits per heavy atom. The molecule has 3 heteroatoms. The third kappa shape index (κ3) is 16.2. The molecule has 0 radical (unpaired) electrons. The van der Waals surface area contributed by atoms with Crippen LogP contribution in [0.15, 0.2) is 437 Å². The molecule has 18 aromatic rings. The van der Waals surface area contributed by atoms with Gasteiger partial charge in [0.05, 0.1) is 0 Å². The van der Waals surface area contributed by atoms with Crippen LogP contribution in [0, 0.1) is 53.3 Å². The molecule has 12 aliphatic rings. The van der Waals surface area contributed by atoms with E-state index in [1.807, 2.05) is 0 Å². The van der Waals surface area contributed by atoms with E-state index in [9.17, 15) is 0 Å². The summed E-state index contributed by atoms with van der Waals surface area (Å²) in [5.41, 5.74) is 31.8. The molecule has 12 saturated carbocycles. The number of nitrogens with zero attached hydrogens (tertiary/aromatic N) is 3. The second kappa shape index (κ2) is 35.2. The van der Waals surface area contributed by atoms with Crippen LogP contribution in [0.2, 0.25) is 0 Å². The summed E-state index contributed by atoms with van der Waals surface area (Å²) < 4.78 is 0. The van der Waals surface area contributed by atoms with Crippen molar-refractivity contribution in [1.82, 2.24) is 0 Å². The maximum atomic E-state index is 2.54. The highest BCUT2D eigenvalue weighted by Crippen LogP contribution is 2.65. The molecule has 12 aliphatic carbocycles. The first-order valence-electron chi connectivity index (χ1n) is 50.6. The van der Waals surface area contributed by atoms with Crippen molar-refractivity contribution in [2.75, 3.05) is 14.7 Å². The van der Waals surface area contributed by atoms with Crippen LogP contribution >= 0.6 is 0 Å². The highest BCUT2D eigenvalue weighted by molar-refractivity contribution is 6.14. The van der Waals surface area contributed by atoms with Crippen molar-refractivity contribution < 1.29 is 0 Å². The zero-order valence-electron chi connectivity index (χ0n) is 77.3. The van der Waals surface area contributed by atoms with Gasteiger partial charge >= 0.3 is 0 Å². The Morgan fingerprint density at radius 1 is 0.148 bits per heavy atom. The number of hydrogen-bond donors (Lipinski definition) is 0. The average molecular weight is 1750 g/mol. The summed E-state index contributed by atoms with van der Waals surface area (Å²) in [5.74, 6) is 8.42. The van der Waals surface area contributed by atoms with Gasteiger partial charge in [-0.25, -0.2) is 0 Å². The van der Waals surface area contributed by atoms with Crippen LogP contribution in [-0.2, 0) is 16.2 Å². The maximum absolute atomic E-state index is 2.54. The zero-order chi connectivity index (χ0) is 89.4. The average Bonchev–Trinajstić information content (AvgIpc) is 0.733. The van der Waals surface area contributed by atoms with Crippen LogP contribution in [0.1, 0.15) is 132 Å². The molecular formula is C132H117N3. The van der Waals surface area contributed by atoms with Gasteiger partial charge in [0, 0.05) is 51.2 Å². The van der Waals surface area contributed by atoms with E-state index in [0.29, 0.717) is 16.2 Å². The summed E-state index contributed by atoms with van der Waals surface area (Å²) in [7, 11) is 0. The first kappa shape index (κ1) is 83.0. The van der Waals surface area contributed by atoms with Crippen molar-refractivity contribution in [1.29, 1.82) is 0 Å². The fraction of sp³-hybridized carbons (Fsp3) is 0.227. The van der Waals surface area contributed by atoms with Crippen molar-refractivity contribution in [3.8, 4) is 66.8 Å². The van der Waals surface area contributed by atoms with Crippen molar-refractivity contribution in [2.45, 2.75) is 132 Å². The predicted octanol–water partition coefficient (Wildman–Crippen LogP) is 36.3. The van der Waals surface area contributed by atoms with Gasteiger partial charge in [0.2, 0.25) is 0 Å². The Labute approximate surface area is 797 Å². The molecule has 12 bridgehead atoms. The van der Waals surface area contributed by atoms with Crippen molar-refractivity contribution in [3.63, 3.8) is 0 Å². The fourth-order valence-electron chi connectivity index (χ4n) is 28.7. The number of benzene rings is 18. The summed E-state index contributed by atoms with van der Waals surface area (Å²) in [6.07, 6.45) is 25.7. The summed E-state index contributed by atoms with van der Waals surface area (Å²) in [5, 5.41) is 7.77. The highest BCUT2D eigenvalue weighted by atomic mass is 15.2. The van der Waals surface area contributed by atoms with E-state index >= 15 is 0 Å². The Hall–Kier alpha value is -13.9. The molecular weight excluding hydrogens is 1630 g/mol. The number of fused-ring (bicyclic) bond motifs is 4. The Morgan fingerprint density at radius 2 is 0.378 bits per heavy atom. The van der Waals surface area contributed by atoms with E-state index in [0.717, 1.165) is 53.3 Å². The maximum Gasteiger partial charge on any atom is 0.0464 e. The van der Waals surface area contributed by atoms with Gasteiger partial charge in [0.25, 0.3) is 0 Å². The quantitative estimate of drug-likeness (QED) is 0.0793. The molecule has 660 valence electrons. The van der Waals surface area contributed by atoms with Crippen LogP contribution < -0.4 is 14.7 Å². The first-order chi connectivity index (χ1) is 66.6. The molecule has 0 amide bonds. The molecule has 0 spiro atoms. The molecule has 0 atom stereocenters. The number of hydrogen-bond acceptors (Lipinski definition) is 3. The van der Waals surface area contributed by atoms with Crippen LogP contribution in [0.4, 0.5) is 51.2 Å². The van der Waals surface area contributed by atoms with E-state index < -0.39 is 0 Å². The largest absolute Gasteiger partial charge is 0.310 e. The monoisotopic (exact) mass is 1740 g/mol. The lowest BCUT2D eigenvalue weighted by Crippen LogP contribution is -2.48. The lowest BCUT2D eigenvalue weighted by molar-refractivity contribution is -0.00528. The Kier molecular flexibility index (Phi) is 21.6. The topological polar surface area (TPSA) is 9.72 Å². The third-order valence-corrected chi connectivity index (χ3v) is 33.6. The smallest absolute Gasteiger partial charge is 0.0464 e. The van der Waals surface area contributed by atoms with E-state index in [2.05, 4.69) is 451 Å². The number of anilines is 9. The molecule has 30 rings (SSSR count). The molecule has 0 aliphatic heterocycles. The molecule has 0 heterocycles. The molecule has 18 aromatic carbocycles. The van der Waals surface area contributed by atoms with E-state index in [1.165, 1.54) is 266 Å². The fourth-order valence-corrected chi connectivity index (χ4v) is 28.7. The van der Waals surface area contributed by atoms with Gasteiger partial charge in [-0.05, 0) is 416 Å². The zero-order valence-corrected chi connectivity index (χ0v) is 77.3. The first-order valence-corrected chi connectivity index (χ1v) is 50.6.